The van der Waals surface area contributed by atoms with Crippen molar-refractivity contribution in [3.63, 3.8) is 0 Å². The molecule has 0 spiro atoms. The van der Waals surface area contributed by atoms with Crippen molar-refractivity contribution in [1.82, 2.24) is 5.32 Å². The minimum atomic E-state index is -0.931. The van der Waals surface area contributed by atoms with Crippen LogP contribution in [0.25, 0.3) is 0 Å². The molecule has 1 amide bonds. The average molecular weight is 1080 g/mol. The molecule has 77 heavy (non-hydrogen) atoms. The van der Waals surface area contributed by atoms with Crippen LogP contribution in [0.15, 0.2) is 36.5 Å². The number of amides is 1. The quantitative estimate of drug-likeness (QED) is 0.0361. The highest BCUT2D eigenvalue weighted by atomic mass is 16.3. The first-order valence-corrected chi connectivity index (χ1v) is 35.3. The molecular weight excluding hydrogens is 943 g/mol. The molecule has 0 aromatic heterocycles. The molecule has 0 radical (unpaired) electrons. The van der Waals surface area contributed by atoms with Gasteiger partial charge in [-0.1, -0.05) is 371 Å². The molecule has 0 rings (SSSR count). The Balaban J connectivity index is 3.49. The van der Waals surface area contributed by atoms with Gasteiger partial charge in [0.2, 0.25) is 5.91 Å². The Labute approximate surface area is 483 Å². The first kappa shape index (κ1) is 75.6. The van der Waals surface area contributed by atoms with E-state index in [1.54, 1.807) is 6.08 Å². The summed E-state index contributed by atoms with van der Waals surface area (Å²) in [5, 5.41) is 33.6. The molecule has 4 N–H and O–H groups in total. The number of hydrogen-bond acceptors (Lipinski definition) is 4. The Hall–Kier alpha value is -1.43. The standard InChI is InChI=1S/C72H139NO4/c1-3-5-7-9-11-13-15-17-19-21-23-25-27-29-30-31-32-33-34-35-36-37-38-39-40-42-43-45-47-49-51-53-55-57-59-61-63-65-69(75)67-72(77)73-70(68-74)71(76)66-64-62-60-58-56-54-52-50-48-46-44-41-28-26-24-22-20-18-16-14-12-10-8-6-4-2/h32-33,35-36,64,66,69-71,74-76H,3-31,34,37-63,65,67-68H2,1-2H3,(H,73,77)/b33-32-,36-35-,66-64+. The lowest BCUT2D eigenvalue weighted by atomic mass is 10.0. The number of hydrogen-bond donors (Lipinski definition) is 4. The highest BCUT2D eigenvalue weighted by Crippen LogP contribution is 2.19. The topological polar surface area (TPSA) is 89.8 Å². The normalized spacial score (nSPS) is 13.3. The molecule has 0 aliphatic rings. The molecule has 0 fully saturated rings. The van der Waals surface area contributed by atoms with Gasteiger partial charge in [-0.2, -0.15) is 0 Å². The maximum atomic E-state index is 12.6. The largest absolute Gasteiger partial charge is 0.394 e. The highest BCUT2D eigenvalue weighted by Gasteiger charge is 2.20. The molecule has 3 unspecified atom stereocenters. The number of allylic oxidation sites excluding steroid dienone is 5. The van der Waals surface area contributed by atoms with Crippen LogP contribution in [0.1, 0.15) is 393 Å². The molecule has 0 aliphatic heterocycles. The molecule has 0 saturated carbocycles. The van der Waals surface area contributed by atoms with E-state index in [1.165, 1.54) is 334 Å². The van der Waals surface area contributed by atoms with Crippen molar-refractivity contribution in [1.29, 1.82) is 0 Å². The SMILES string of the molecule is CCCCCCCCCCCCCCCCC/C=C\C/C=C\CCCCCCCCCCCCCCCCCC(O)CC(=O)NC(CO)C(O)/C=C/CCCCCCCCCCCCCCCCCCCCCCCCC. The minimum absolute atomic E-state index is 0.0158. The fraction of sp³-hybridized carbons (Fsp3) is 0.903. The molecule has 0 saturated heterocycles. The fourth-order valence-corrected chi connectivity index (χ4v) is 11.3. The van der Waals surface area contributed by atoms with E-state index >= 15 is 0 Å². The highest BCUT2D eigenvalue weighted by molar-refractivity contribution is 5.76. The van der Waals surface area contributed by atoms with E-state index in [0.717, 1.165) is 32.1 Å². The van der Waals surface area contributed by atoms with Crippen LogP contribution in [0.2, 0.25) is 0 Å². The van der Waals surface area contributed by atoms with Gasteiger partial charge in [-0.3, -0.25) is 4.79 Å². The van der Waals surface area contributed by atoms with Gasteiger partial charge < -0.3 is 20.6 Å². The van der Waals surface area contributed by atoms with E-state index < -0.39 is 18.2 Å². The van der Waals surface area contributed by atoms with E-state index in [4.69, 9.17) is 0 Å². The molecule has 3 atom stereocenters. The van der Waals surface area contributed by atoms with Gasteiger partial charge in [0, 0.05) is 0 Å². The van der Waals surface area contributed by atoms with Crippen LogP contribution < -0.4 is 5.32 Å². The summed E-state index contributed by atoms with van der Waals surface area (Å²) in [5.74, 6) is -0.309. The van der Waals surface area contributed by atoms with Crippen LogP contribution in [0.5, 0.6) is 0 Å². The number of aliphatic hydroxyl groups is 3. The second kappa shape index (κ2) is 67.1. The van der Waals surface area contributed by atoms with Crippen molar-refractivity contribution >= 4 is 5.91 Å². The Morgan fingerprint density at radius 3 is 0.857 bits per heavy atom. The van der Waals surface area contributed by atoms with Gasteiger partial charge in [-0.15, -0.1) is 0 Å². The van der Waals surface area contributed by atoms with Crippen LogP contribution in [0.4, 0.5) is 0 Å². The Bertz CT molecular complexity index is 1200. The number of carbonyl (C=O) groups is 1. The molecule has 0 aromatic rings. The first-order valence-electron chi connectivity index (χ1n) is 35.3. The second-order valence-corrected chi connectivity index (χ2v) is 24.5. The number of unbranched alkanes of at least 4 members (excludes halogenated alkanes) is 53. The lowest BCUT2D eigenvalue weighted by Crippen LogP contribution is -2.45. The minimum Gasteiger partial charge on any atom is -0.394 e. The molecule has 0 heterocycles. The summed E-state index contributed by atoms with van der Waals surface area (Å²) in [6.07, 6.45) is 89.7. The third-order valence-corrected chi connectivity index (χ3v) is 16.7. The molecule has 0 bridgehead atoms. The van der Waals surface area contributed by atoms with Crippen LogP contribution in [-0.2, 0) is 4.79 Å². The maximum Gasteiger partial charge on any atom is 0.222 e. The van der Waals surface area contributed by atoms with E-state index in [2.05, 4.69) is 43.5 Å². The molecule has 5 nitrogen and oxygen atoms in total. The van der Waals surface area contributed by atoms with Crippen molar-refractivity contribution in [3.05, 3.63) is 36.5 Å². The van der Waals surface area contributed by atoms with Gasteiger partial charge in [-0.05, 0) is 51.4 Å². The van der Waals surface area contributed by atoms with Crippen LogP contribution in [-0.4, -0.2) is 46.1 Å². The van der Waals surface area contributed by atoms with E-state index in [-0.39, 0.29) is 18.9 Å². The van der Waals surface area contributed by atoms with Crippen molar-refractivity contribution in [2.45, 2.75) is 411 Å². The smallest absolute Gasteiger partial charge is 0.222 e. The van der Waals surface area contributed by atoms with Crippen molar-refractivity contribution < 1.29 is 20.1 Å². The summed E-state index contributed by atoms with van der Waals surface area (Å²) in [7, 11) is 0. The van der Waals surface area contributed by atoms with Gasteiger partial charge in [0.15, 0.2) is 0 Å². The third kappa shape index (κ3) is 63.6. The Morgan fingerprint density at radius 2 is 0.584 bits per heavy atom. The predicted octanol–water partition coefficient (Wildman–Crippen LogP) is 22.9. The number of aliphatic hydroxyl groups excluding tert-OH is 3. The zero-order chi connectivity index (χ0) is 55.7. The van der Waals surface area contributed by atoms with Crippen LogP contribution in [0, 0.1) is 0 Å². The summed E-state index contributed by atoms with van der Waals surface area (Å²) < 4.78 is 0. The average Bonchev–Trinajstić information content (AvgIpc) is 3.43. The van der Waals surface area contributed by atoms with Gasteiger partial charge in [0.05, 0.1) is 31.3 Å². The third-order valence-electron chi connectivity index (χ3n) is 16.7. The lowest BCUT2D eigenvalue weighted by molar-refractivity contribution is -0.124. The van der Waals surface area contributed by atoms with Crippen molar-refractivity contribution in [2.75, 3.05) is 6.61 Å². The predicted molar refractivity (Wildman–Crippen MR) is 342 cm³/mol. The summed E-state index contributed by atoms with van der Waals surface area (Å²) >= 11 is 0. The zero-order valence-corrected chi connectivity index (χ0v) is 52.4. The molecule has 456 valence electrons. The summed E-state index contributed by atoms with van der Waals surface area (Å²) in [5.41, 5.74) is 0. The number of nitrogens with one attached hydrogen (secondary N) is 1. The van der Waals surface area contributed by atoms with E-state index in [1.807, 2.05) is 6.08 Å². The van der Waals surface area contributed by atoms with Crippen LogP contribution >= 0.6 is 0 Å². The lowest BCUT2D eigenvalue weighted by Gasteiger charge is -2.21. The van der Waals surface area contributed by atoms with E-state index in [9.17, 15) is 20.1 Å². The van der Waals surface area contributed by atoms with Gasteiger partial charge >= 0.3 is 0 Å². The molecular formula is C72H139NO4. The summed E-state index contributed by atoms with van der Waals surface area (Å²) in [6.45, 7) is 4.27. The fourth-order valence-electron chi connectivity index (χ4n) is 11.3. The molecule has 0 aromatic carbocycles. The van der Waals surface area contributed by atoms with Gasteiger partial charge in [-0.25, -0.2) is 0 Å². The number of carbonyl (C=O) groups excluding carboxylic acids is 1. The van der Waals surface area contributed by atoms with Crippen molar-refractivity contribution in [3.8, 4) is 0 Å². The van der Waals surface area contributed by atoms with Gasteiger partial charge in [0.25, 0.3) is 0 Å². The zero-order valence-electron chi connectivity index (χ0n) is 52.4. The first-order chi connectivity index (χ1) is 38.0. The van der Waals surface area contributed by atoms with Crippen LogP contribution in [0.3, 0.4) is 0 Å². The second-order valence-electron chi connectivity index (χ2n) is 24.5. The molecule has 0 aliphatic carbocycles. The van der Waals surface area contributed by atoms with E-state index in [0.29, 0.717) is 6.42 Å². The Kier molecular flexibility index (Phi) is 65.8. The molecule has 5 heteroatoms. The van der Waals surface area contributed by atoms with Gasteiger partial charge in [0.1, 0.15) is 0 Å². The monoisotopic (exact) mass is 1080 g/mol. The number of rotatable bonds is 66. The maximum absolute atomic E-state index is 12.6. The van der Waals surface area contributed by atoms with Crippen molar-refractivity contribution in [2.24, 2.45) is 0 Å². The Morgan fingerprint density at radius 1 is 0.338 bits per heavy atom. The summed E-state index contributed by atoms with van der Waals surface area (Å²) in [4.78, 5) is 12.6. The summed E-state index contributed by atoms with van der Waals surface area (Å²) in [6, 6.07) is -0.746.